The average Bonchev–Trinajstić information content (AvgIpc) is 3.11. The van der Waals surface area contributed by atoms with Gasteiger partial charge in [-0.1, -0.05) is 41.2 Å². The lowest BCUT2D eigenvalue weighted by Crippen LogP contribution is -2.34. The maximum Gasteiger partial charge on any atom is 0.230 e. The van der Waals surface area contributed by atoms with Gasteiger partial charge in [0.15, 0.2) is 5.82 Å². The zero-order valence-corrected chi connectivity index (χ0v) is 13.5. The largest absolute Gasteiger partial charge is 0.491 e. The molecular formula is C15H17Cl2N3O2. The lowest BCUT2D eigenvalue weighted by molar-refractivity contribution is 0.290. The molecule has 22 heavy (non-hydrogen) atoms. The van der Waals surface area contributed by atoms with Crippen molar-refractivity contribution in [3.8, 4) is 5.75 Å². The number of hydrogen-bond donors (Lipinski definition) is 1. The third kappa shape index (κ3) is 3.37. The average molecular weight is 342 g/mol. The minimum absolute atomic E-state index is 0.389. The zero-order chi connectivity index (χ0) is 15.6. The van der Waals surface area contributed by atoms with Crippen LogP contribution in [-0.2, 0) is 12.0 Å². The van der Waals surface area contributed by atoms with Gasteiger partial charge in [0, 0.05) is 5.02 Å². The van der Waals surface area contributed by atoms with E-state index in [0.29, 0.717) is 40.5 Å². The Hall–Kier alpha value is -1.30. The smallest absolute Gasteiger partial charge is 0.230 e. The summed E-state index contributed by atoms with van der Waals surface area (Å²) in [6.45, 7) is 0.389. The predicted molar refractivity (Wildman–Crippen MR) is 84.3 cm³/mol. The Labute approximate surface area is 138 Å². The molecule has 1 fully saturated rings. The van der Waals surface area contributed by atoms with Crippen LogP contribution in [0.25, 0.3) is 0 Å². The van der Waals surface area contributed by atoms with Crippen LogP contribution in [0.4, 0.5) is 0 Å². The summed E-state index contributed by atoms with van der Waals surface area (Å²) in [5.41, 5.74) is 5.87. The molecule has 0 aliphatic heterocycles. The summed E-state index contributed by atoms with van der Waals surface area (Å²) in [6.07, 6.45) is 4.53. The maximum atomic E-state index is 6.30. The molecule has 2 N–H and O–H groups in total. The number of rotatable bonds is 5. The Bertz CT molecular complexity index is 654. The van der Waals surface area contributed by atoms with Crippen molar-refractivity contribution in [2.45, 2.75) is 37.6 Å². The first-order valence-electron chi connectivity index (χ1n) is 7.27. The van der Waals surface area contributed by atoms with E-state index >= 15 is 0 Å². The van der Waals surface area contributed by atoms with Gasteiger partial charge in [-0.3, -0.25) is 0 Å². The molecule has 0 bridgehead atoms. The minimum atomic E-state index is -0.428. The van der Waals surface area contributed by atoms with Crippen LogP contribution in [-0.4, -0.2) is 16.7 Å². The maximum absolute atomic E-state index is 6.30. The van der Waals surface area contributed by atoms with Crippen molar-refractivity contribution in [3.05, 3.63) is 40.0 Å². The van der Waals surface area contributed by atoms with Crippen LogP contribution >= 0.6 is 23.2 Å². The van der Waals surface area contributed by atoms with Gasteiger partial charge < -0.3 is 15.0 Å². The van der Waals surface area contributed by atoms with Crippen molar-refractivity contribution in [1.82, 2.24) is 10.1 Å². The molecule has 0 spiro atoms. The van der Waals surface area contributed by atoms with Gasteiger partial charge in [0.1, 0.15) is 5.75 Å². The van der Waals surface area contributed by atoms with Gasteiger partial charge in [-0.25, -0.2) is 0 Å². The van der Waals surface area contributed by atoms with E-state index in [1.54, 1.807) is 18.2 Å². The molecule has 2 aromatic rings. The van der Waals surface area contributed by atoms with Gasteiger partial charge in [-0.05, 0) is 31.0 Å². The van der Waals surface area contributed by atoms with Crippen LogP contribution < -0.4 is 10.5 Å². The number of benzene rings is 1. The molecule has 1 aromatic carbocycles. The molecule has 0 amide bonds. The molecule has 1 heterocycles. The Morgan fingerprint density at radius 1 is 1.27 bits per heavy atom. The van der Waals surface area contributed by atoms with E-state index in [1.807, 2.05) is 0 Å². The molecule has 0 unspecified atom stereocenters. The number of ether oxygens (including phenoxy) is 1. The first kappa shape index (κ1) is 15.6. The lowest BCUT2D eigenvalue weighted by atomic mass is 9.99. The summed E-state index contributed by atoms with van der Waals surface area (Å²) in [4.78, 5) is 4.39. The van der Waals surface area contributed by atoms with Crippen LogP contribution in [0.15, 0.2) is 22.7 Å². The molecule has 1 saturated carbocycles. The molecule has 1 aliphatic carbocycles. The van der Waals surface area contributed by atoms with E-state index in [0.717, 1.165) is 25.7 Å². The molecule has 0 atom stereocenters. The Morgan fingerprint density at radius 2 is 2.05 bits per heavy atom. The first-order valence-corrected chi connectivity index (χ1v) is 8.02. The highest BCUT2D eigenvalue weighted by Gasteiger charge is 2.35. The van der Waals surface area contributed by atoms with Crippen LogP contribution in [0.5, 0.6) is 5.75 Å². The molecule has 1 aliphatic rings. The van der Waals surface area contributed by atoms with Crippen molar-refractivity contribution in [3.63, 3.8) is 0 Å². The van der Waals surface area contributed by atoms with Crippen molar-refractivity contribution >= 4 is 23.2 Å². The fourth-order valence-corrected chi connectivity index (χ4v) is 3.09. The van der Waals surface area contributed by atoms with Gasteiger partial charge in [0.2, 0.25) is 5.89 Å². The standard InChI is InChI=1S/C15H17Cl2N3O2/c16-10-3-4-12(11(17)9-10)21-8-5-13-19-14(20-22-13)15(18)6-1-2-7-15/h3-4,9H,1-2,5-8,18H2. The molecule has 1 aromatic heterocycles. The molecule has 0 radical (unpaired) electrons. The van der Waals surface area contributed by atoms with Crippen LogP contribution in [0.1, 0.15) is 37.4 Å². The molecule has 3 rings (SSSR count). The highest BCUT2D eigenvalue weighted by atomic mass is 35.5. The van der Waals surface area contributed by atoms with Gasteiger partial charge in [0.05, 0.1) is 23.6 Å². The third-order valence-corrected chi connectivity index (χ3v) is 4.41. The number of aromatic nitrogens is 2. The quantitative estimate of drug-likeness (QED) is 0.896. The topological polar surface area (TPSA) is 74.2 Å². The third-order valence-electron chi connectivity index (χ3n) is 3.88. The number of nitrogens with zero attached hydrogens (tertiary/aromatic N) is 2. The second-order valence-corrected chi connectivity index (χ2v) is 6.39. The van der Waals surface area contributed by atoms with Gasteiger partial charge >= 0.3 is 0 Å². The van der Waals surface area contributed by atoms with Gasteiger partial charge in [-0.15, -0.1) is 0 Å². The minimum Gasteiger partial charge on any atom is -0.491 e. The normalized spacial score (nSPS) is 16.9. The highest BCUT2D eigenvalue weighted by Crippen LogP contribution is 2.34. The van der Waals surface area contributed by atoms with Gasteiger partial charge in [-0.2, -0.15) is 4.98 Å². The van der Waals surface area contributed by atoms with Crippen molar-refractivity contribution in [2.24, 2.45) is 5.73 Å². The highest BCUT2D eigenvalue weighted by molar-refractivity contribution is 6.35. The second kappa shape index (κ2) is 6.44. The van der Waals surface area contributed by atoms with Crippen molar-refractivity contribution in [2.75, 3.05) is 6.61 Å². The zero-order valence-electron chi connectivity index (χ0n) is 12.0. The van der Waals surface area contributed by atoms with E-state index in [9.17, 15) is 0 Å². The predicted octanol–water partition coefficient (Wildman–Crippen LogP) is 3.73. The molecule has 7 heteroatoms. The summed E-state index contributed by atoms with van der Waals surface area (Å²) in [5.74, 6) is 1.71. The second-order valence-electron chi connectivity index (χ2n) is 5.55. The summed E-state index contributed by atoms with van der Waals surface area (Å²) in [7, 11) is 0. The van der Waals surface area contributed by atoms with E-state index in [-0.39, 0.29) is 0 Å². The van der Waals surface area contributed by atoms with Crippen LogP contribution in [0.3, 0.4) is 0 Å². The lowest BCUT2D eigenvalue weighted by Gasteiger charge is -2.17. The molecule has 5 nitrogen and oxygen atoms in total. The Kier molecular flexibility index (Phi) is 4.57. The summed E-state index contributed by atoms with van der Waals surface area (Å²) < 4.78 is 10.9. The van der Waals surface area contributed by atoms with E-state index in [2.05, 4.69) is 10.1 Å². The van der Waals surface area contributed by atoms with Crippen LogP contribution in [0, 0.1) is 0 Å². The number of halogens is 2. The number of nitrogens with two attached hydrogens (primary N) is 1. The monoisotopic (exact) mass is 341 g/mol. The fourth-order valence-electron chi connectivity index (χ4n) is 2.63. The fraction of sp³-hybridized carbons (Fsp3) is 0.467. The van der Waals surface area contributed by atoms with Crippen molar-refractivity contribution < 1.29 is 9.26 Å². The van der Waals surface area contributed by atoms with Gasteiger partial charge in [0.25, 0.3) is 0 Å². The molecular weight excluding hydrogens is 325 g/mol. The van der Waals surface area contributed by atoms with E-state index in [1.165, 1.54) is 0 Å². The summed E-state index contributed by atoms with van der Waals surface area (Å²) >= 11 is 11.9. The van der Waals surface area contributed by atoms with Crippen LogP contribution in [0.2, 0.25) is 10.0 Å². The van der Waals surface area contributed by atoms with Crippen molar-refractivity contribution in [1.29, 1.82) is 0 Å². The molecule has 118 valence electrons. The van der Waals surface area contributed by atoms with E-state index in [4.69, 9.17) is 38.2 Å². The summed E-state index contributed by atoms with van der Waals surface area (Å²) in [6, 6.07) is 5.10. The Balaban J connectivity index is 1.57. The Morgan fingerprint density at radius 3 is 2.77 bits per heavy atom. The van der Waals surface area contributed by atoms with E-state index < -0.39 is 5.54 Å². The molecule has 0 saturated heterocycles. The SMILES string of the molecule is NC1(c2noc(CCOc3ccc(Cl)cc3Cl)n2)CCCC1. The summed E-state index contributed by atoms with van der Waals surface area (Å²) in [5, 5.41) is 5.06. The first-order chi connectivity index (χ1) is 10.6. The number of hydrogen-bond acceptors (Lipinski definition) is 5.